The highest BCUT2D eigenvalue weighted by atomic mass is 19.2. The van der Waals surface area contributed by atoms with Crippen molar-refractivity contribution in [3.8, 4) is 0 Å². The minimum Gasteiger partial charge on any atom is -0.394 e. The number of fused-ring (bicyclic) bond motifs is 1. The number of rotatable bonds is 5. The number of aromatic nitrogens is 4. The SMILES string of the molecule is OC[C@H]1OC(n2cnc3c(NCc4cc(F)cc(F)c4F)ncnc32)[C@H](O)[C@@H]1O. The van der Waals surface area contributed by atoms with Crippen molar-refractivity contribution in [2.45, 2.75) is 31.1 Å². The normalized spacial score (nSPS) is 24.3. The Morgan fingerprint density at radius 3 is 2.62 bits per heavy atom. The van der Waals surface area contributed by atoms with Gasteiger partial charge in [-0.2, -0.15) is 0 Å². The van der Waals surface area contributed by atoms with Crippen molar-refractivity contribution in [2.24, 2.45) is 0 Å². The highest BCUT2D eigenvalue weighted by molar-refractivity contribution is 5.82. The highest BCUT2D eigenvalue weighted by Gasteiger charge is 2.44. The van der Waals surface area contributed by atoms with Crippen LogP contribution in [0.4, 0.5) is 19.0 Å². The van der Waals surface area contributed by atoms with Crippen LogP contribution in [0.5, 0.6) is 0 Å². The Balaban J connectivity index is 1.62. The summed E-state index contributed by atoms with van der Waals surface area (Å²) < 4.78 is 47.4. The van der Waals surface area contributed by atoms with Crippen LogP contribution in [-0.2, 0) is 11.3 Å². The van der Waals surface area contributed by atoms with Gasteiger partial charge >= 0.3 is 0 Å². The van der Waals surface area contributed by atoms with Gasteiger partial charge in [0.1, 0.15) is 30.5 Å². The van der Waals surface area contributed by atoms with Crippen molar-refractivity contribution in [3.05, 3.63) is 47.8 Å². The third-order valence-electron chi connectivity index (χ3n) is 4.66. The van der Waals surface area contributed by atoms with Gasteiger partial charge in [-0.05, 0) is 6.07 Å². The van der Waals surface area contributed by atoms with Crippen molar-refractivity contribution in [1.29, 1.82) is 0 Å². The van der Waals surface area contributed by atoms with E-state index >= 15 is 0 Å². The summed E-state index contributed by atoms with van der Waals surface area (Å²) >= 11 is 0. The van der Waals surface area contributed by atoms with Crippen molar-refractivity contribution in [2.75, 3.05) is 11.9 Å². The van der Waals surface area contributed by atoms with E-state index in [0.29, 0.717) is 6.07 Å². The second-order valence-electron chi connectivity index (χ2n) is 6.49. The zero-order valence-corrected chi connectivity index (χ0v) is 14.7. The van der Waals surface area contributed by atoms with Gasteiger partial charge in [0.25, 0.3) is 0 Å². The standard InChI is InChI=1S/C17H16F3N5O4/c18-8-1-7(11(20)9(19)2-8)3-21-15-12-16(23-5-22-15)25(6-24-12)17-14(28)13(27)10(4-26)29-17/h1-2,5-6,10,13-14,17,26-28H,3-4H2,(H,21,22,23)/t10-,13-,14-,17?/m1/s1. The largest absolute Gasteiger partial charge is 0.394 e. The number of nitrogens with zero attached hydrogens (tertiary/aromatic N) is 4. The van der Waals surface area contributed by atoms with Gasteiger partial charge in [0, 0.05) is 18.2 Å². The molecule has 1 fully saturated rings. The van der Waals surface area contributed by atoms with Gasteiger partial charge in [0.05, 0.1) is 12.9 Å². The first-order valence-corrected chi connectivity index (χ1v) is 8.58. The first kappa shape index (κ1) is 19.5. The lowest BCUT2D eigenvalue weighted by molar-refractivity contribution is -0.0511. The van der Waals surface area contributed by atoms with Gasteiger partial charge < -0.3 is 25.4 Å². The lowest BCUT2D eigenvalue weighted by Crippen LogP contribution is -2.33. The average Bonchev–Trinajstić information content (AvgIpc) is 3.25. The molecule has 29 heavy (non-hydrogen) atoms. The van der Waals surface area contributed by atoms with Gasteiger partial charge in [-0.3, -0.25) is 4.57 Å². The Morgan fingerprint density at radius 1 is 1.10 bits per heavy atom. The van der Waals surface area contributed by atoms with Crippen molar-refractivity contribution in [3.63, 3.8) is 0 Å². The van der Waals surface area contributed by atoms with E-state index < -0.39 is 48.6 Å². The van der Waals surface area contributed by atoms with Crippen LogP contribution in [0.15, 0.2) is 24.8 Å². The van der Waals surface area contributed by atoms with E-state index in [1.54, 1.807) is 0 Å². The van der Waals surface area contributed by atoms with E-state index in [9.17, 15) is 28.5 Å². The zero-order chi connectivity index (χ0) is 20.7. The molecule has 0 aliphatic carbocycles. The molecule has 0 amide bonds. The number of aliphatic hydroxyl groups excluding tert-OH is 3. The smallest absolute Gasteiger partial charge is 0.167 e. The summed E-state index contributed by atoms with van der Waals surface area (Å²) in [5, 5.41) is 32.1. The fraction of sp³-hybridized carbons (Fsp3) is 0.353. The minimum absolute atomic E-state index is 0.157. The second kappa shape index (κ2) is 7.55. The summed E-state index contributed by atoms with van der Waals surface area (Å²) in [6.45, 7) is -0.758. The molecule has 2 aromatic heterocycles. The van der Waals surface area contributed by atoms with Crippen LogP contribution >= 0.6 is 0 Å². The average molecular weight is 411 g/mol. The van der Waals surface area contributed by atoms with Crippen LogP contribution < -0.4 is 5.32 Å². The van der Waals surface area contributed by atoms with E-state index in [1.165, 1.54) is 17.2 Å². The number of imidazole rings is 1. The lowest BCUT2D eigenvalue weighted by atomic mass is 10.1. The fourth-order valence-corrected chi connectivity index (χ4v) is 3.19. The summed E-state index contributed by atoms with van der Waals surface area (Å²) in [5.74, 6) is -3.24. The third-order valence-corrected chi connectivity index (χ3v) is 4.66. The molecular formula is C17H16F3N5O4. The molecule has 1 aromatic carbocycles. The monoisotopic (exact) mass is 411 g/mol. The van der Waals surface area contributed by atoms with Gasteiger partial charge in [0.15, 0.2) is 34.8 Å². The molecule has 3 heterocycles. The predicted molar refractivity (Wildman–Crippen MR) is 92.0 cm³/mol. The van der Waals surface area contributed by atoms with Crippen LogP contribution in [0.2, 0.25) is 0 Å². The molecule has 4 atom stereocenters. The van der Waals surface area contributed by atoms with Gasteiger partial charge in [-0.1, -0.05) is 0 Å². The van der Waals surface area contributed by atoms with E-state index in [-0.39, 0.29) is 29.1 Å². The Morgan fingerprint density at radius 2 is 1.90 bits per heavy atom. The molecule has 1 unspecified atom stereocenters. The predicted octanol–water partition coefficient (Wildman–Crippen LogP) is 0.467. The van der Waals surface area contributed by atoms with Gasteiger partial charge in [-0.15, -0.1) is 0 Å². The van der Waals surface area contributed by atoms with Crippen LogP contribution in [-0.4, -0.2) is 59.8 Å². The van der Waals surface area contributed by atoms with Crippen LogP contribution in [0.3, 0.4) is 0 Å². The Bertz CT molecular complexity index is 1050. The second-order valence-corrected chi connectivity index (χ2v) is 6.49. The van der Waals surface area contributed by atoms with Crippen molar-refractivity contribution < 1.29 is 33.2 Å². The van der Waals surface area contributed by atoms with Crippen LogP contribution in [0, 0.1) is 17.5 Å². The molecule has 1 aliphatic rings. The summed E-state index contributed by atoms with van der Waals surface area (Å²) in [4.78, 5) is 12.2. The fourth-order valence-electron chi connectivity index (χ4n) is 3.19. The highest BCUT2D eigenvalue weighted by Crippen LogP contribution is 2.32. The molecular weight excluding hydrogens is 395 g/mol. The first-order valence-electron chi connectivity index (χ1n) is 8.58. The van der Waals surface area contributed by atoms with E-state index in [0.717, 1.165) is 6.07 Å². The van der Waals surface area contributed by atoms with Gasteiger partial charge in [0.2, 0.25) is 0 Å². The first-order chi connectivity index (χ1) is 13.9. The van der Waals surface area contributed by atoms with E-state index in [2.05, 4.69) is 20.3 Å². The Hall–Kier alpha value is -2.80. The summed E-state index contributed by atoms with van der Waals surface area (Å²) in [5.41, 5.74) is 0.211. The molecule has 0 spiro atoms. The minimum atomic E-state index is -1.33. The van der Waals surface area contributed by atoms with E-state index in [4.69, 9.17) is 4.74 Å². The number of benzene rings is 1. The number of halogens is 3. The number of ether oxygens (including phenoxy) is 1. The molecule has 9 nitrogen and oxygen atoms in total. The number of hydrogen-bond acceptors (Lipinski definition) is 8. The zero-order valence-electron chi connectivity index (χ0n) is 14.7. The summed E-state index contributed by atoms with van der Waals surface area (Å²) in [6, 6.07) is 1.31. The van der Waals surface area contributed by atoms with Crippen molar-refractivity contribution >= 4 is 17.0 Å². The molecule has 1 saturated heterocycles. The number of nitrogens with one attached hydrogen (secondary N) is 1. The molecule has 12 heteroatoms. The molecule has 4 rings (SSSR count). The van der Waals surface area contributed by atoms with Gasteiger partial charge in [-0.25, -0.2) is 28.1 Å². The maximum atomic E-state index is 13.8. The van der Waals surface area contributed by atoms with E-state index in [1.807, 2.05) is 0 Å². The molecule has 0 radical (unpaired) electrons. The topological polar surface area (TPSA) is 126 Å². The molecule has 3 aromatic rings. The third kappa shape index (κ3) is 3.40. The summed E-state index contributed by atoms with van der Waals surface area (Å²) in [7, 11) is 0. The molecule has 1 aliphatic heterocycles. The van der Waals surface area contributed by atoms with Crippen LogP contribution in [0.25, 0.3) is 11.2 Å². The maximum Gasteiger partial charge on any atom is 0.167 e. The summed E-state index contributed by atoms with van der Waals surface area (Å²) in [6.07, 6.45) is -2.18. The lowest BCUT2D eigenvalue weighted by Gasteiger charge is -2.16. The Labute approximate surface area is 161 Å². The molecule has 154 valence electrons. The Kier molecular flexibility index (Phi) is 5.08. The quantitative estimate of drug-likeness (QED) is 0.447. The van der Waals surface area contributed by atoms with Crippen LogP contribution in [0.1, 0.15) is 11.8 Å². The molecule has 4 N–H and O–H groups in total. The number of aliphatic hydroxyl groups is 3. The number of anilines is 1. The maximum absolute atomic E-state index is 13.8. The number of hydrogen-bond donors (Lipinski definition) is 4. The van der Waals surface area contributed by atoms with Crippen molar-refractivity contribution in [1.82, 2.24) is 19.5 Å². The molecule has 0 bridgehead atoms. The molecule has 0 saturated carbocycles.